The molecule has 0 spiro atoms. The summed E-state index contributed by atoms with van der Waals surface area (Å²) in [7, 11) is 1.59. The van der Waals surface area contributed by atoms with E-state index in [0.29, 0.717) is 59.7 Å². The highest BCUT2D eigenvalue weighted by molar-refractivity contribution is 6.05. The predicted octanol–water partition coefficient (Wildman–Crippen LogP) is 5.33. The highest BCUT2D eigenvalue weighted by Crippen LogP contribution is 2.32. The molecule has 0 unspecified atom stereocenters. The fraction of sp³-hybridized carbons (Fsp3) is 0.188. The number of alkyl halides is 3. The van der Waals surface area contributed by atoms with Gasteiger partial charge in [0.1, 0.15) is 0 Å². The molecule has 1 N–H and O–H groups in total. The van der Waals surface area contributed by atoms with Crippen LogP contribution in [0.2, 0.25) is 0 Å². The Balaban J connectivity index is 1.30. The van der Waals surface area contributed by atoms with Crippen molar-refractivity contribution in [1.82, 2.24) is 19.0 Å². The molecule has 1 aliphatic heterocycles. The molecule has 0 radical (unpaired) electrons. The van der Waals surface area contributed by atoms with E-state index < -0.39 is 17.6 Å². The van der Waals surface area contributed by atoms with Crippen LogP contribution in [0.15, 0.2) is 90.0 Å². The summed E-state index contributed by atoms with van der Waals surface area (Å²) in [4.78, 5) is 45.3. The number of benzene rings is 3. The van der Waals surface area contributed by atoms with Crippen LogP contribution in [0.5, 0.6) is 0 Å². The molecular weight excluding hydrogens is 575 g/mol. The second kappa shape index (κ2) is 11.5. The van der Waals surface area contributed by atoms with Gasteiger partial charge in [-0.1, -0.05) is 18.2 Å². The molecule has 0 aliphatic carbocycles. The van der Waals surface area contributed by atoms with E-state index in [2.05, 4.69) is 10.3 Å². The molecule has 2 aromatic heterocycles. The van der Waals surface area contributed by atoms with Crippen LogP contribution >= 0.6 is 0 Å². The van der Waals surface area contributed by atoms with E-state index >= 15 is 0 Å². The Kier molecular flexibility index (Phi) is 7.52. The number of ether oxygens (including phenoxy) is 1. The van der Waals surface area contributed by atoms with Crippen molar-refractivity contribution in [3.05, 3.63) is 112 Å². The number of hydrogen-bond acceptors (Lipinski definition) is 6. The highest BCUT2D eigenvalue weighted by Gasteiger charge is 2.31. The van der Waals surface area contributed by atoms with Crippen molar-refractivity contribution in [3.63, 3.8) is 0 Å². The van der Waals surface area contributed by atoms with Gasteiger partial charge in [-0.05, 0) is 54.6 Å². The Morgan fingerprint density at radius 1 is 0.909 bits per heavy atom. The molecule has 3 aromatic carbocycles. The minimum Gasteiger partial charge on any atom is -0.378 e. The van der Waals surface area contributed by atoms with Crippen LogP contribution in [-0.4, -0.2) is 57.1 Å². The second-order valence-corrected chi connectivity index (χ2v) is 10.3. The monoisotopic (exact) mass is 601 g/mol. The maximum Gasteiger partial charge on any atom is 0.416 e. The molecule has 0 atom stereocenters. The number of aromatic nitrogens is 3. The summed E-state index contributed by atoms with van der Waals surface area (Å²) in [5.74, 6) is -0.661. The number of rotatable bonds is 5. The summed E-state index contributed by atoms with van der Waals surface area (Å²) < 4.78 is 47.7. The van der Waals surface area contributed by atoms with Crippen molar-refractivity contribution in [2.45, 2.75) is 6.18 Å². The van der Waals surface area contributed by atoms with Crippen molar-refractivity contribution < 1.29 is 27.5 Å². The number of morpholine rings is 1. The van der Waals surface area contributed by atoms with Crippen LogP contribution in [0.3, 0.4) is 0 Å². The number of nitrogens with one attached hydrogen (secondary N) is 1. The molecule has 44 heavy (non-hydrogen) atoms. The molecule has 5 aromatic rings. The van der Waals surface area contributed by atoms with Crippen molar-refractivity contribution in [2.75, 3.05) is 31.6 Å². The Bertz CT molecular complexity index is 1940. The van der Waals surface area contributed by atoms with E-state index in [1.54, 1.807) is 66.7 Å². The van der Waals surface area contributed by atoms with Crippen molar-refractivity contribution in [1.29, 1.82) is 0 Å². The largest absolute Gasteiger partial charge is 0.416 e. The fourth-order valence-corrected chi connectivity index (χ4v) is 5.14. The van der Waals surface area contributed by atoms with E-state index in [9.17, 15) is 27.6 Å². The Labute approximate surface area is 249 Å². The summed E-state index contributed by atoms with van der Waals surface area (Å²) in [6, 6.07) is 17.9. The molecule has 1 amide bonds. The zero-order valence-corrected chi connectivity index (χ0v) is 23.5. The van der Waals surface area contributed by atoms with Crippen molar-refractivity contribution in [2.24, 2.45) is 7.05 Å². The van der Waals surface area contributed by atoms with Crippen LogP contribution in [0.4, 0.5) is 24.7 Å². The van der Waals surface area contributed by atoms with Gasteiger partial charge in [0.05, 0.1) is 30.0 Å². The minimum atomic E-state index is -4.58. The van der Waals surface area contributed by atoms with Gasteiger partial charge in [0, 0.05) is 60.3 Å². The molecule has 0 bridgehead atoms. The normalized spacial score (nSPS) is 13.7. The molecule has 1 fully saturated rings. The van der Waals surface area contributed by atoms with Gasteiger partial charge in [0.2, 0.25) is 0 Å². The molecular formula is C32H26F3N5O4. The van der Waals surface area contributed by atoms with Crippen molar-refractivity contribution >= 4 is 34.2 Å². The summed E-state index contributed by atoms with van der Waals surface area (Å²) in [6.45, 7) is 2.06. The van der Waals surface area contributed by atoms with Gasteiger partial charge in [-0.2, -0.15) is 13.2 Å². The first-order chi connectivity index (χ1) is 21.1. The SMILES string of the molecule is Cn1cc(-c2cccc3c2ccn3C(=O)c2cccc(C(F)(F)F)c2)nc(Nc2ccc(C(=O)N3CCOCC3)cc2)c1=O. The molecule has 1 saturated heterocycles. The predicted molar refractivity (Wildman–Crippen MR) is 158 cm³/mol. The molecule has 0 saturated carbocycles. The molecule has 12 heteroatoms. The van der Waals surface area contributed by atoms with Gasteiger partial charge in [0.25, 0.3) is 17.4 Å². The van der Waals surface area contributed by atoms with Crippen LogP contribution in [-0.2, 0) is 18.0 Å². The Morgan fingerprint density at radius 3 is 2.36 bits per heavy atom. The third-order valence-corrected chi connectivity index (χ3v) is 7.43. The van der Waals surface area contributed by atoms with Crippen LogP contribution in [0.25, 0.3) is 22.2 Å². The number of halogens is 3. The Morgan fingerprint density at radius 2 is 1.64 bits per heavy atom. The average Bonchev–Trinajstić information content (AvgIpc) is 3.47. The highest BCUT2D eigenvalue weighted by atomic mass is 19.4. The number of fused-ring (bicyclic) bond motifs is 1. The lowest BCUT2D eigenvalue weighted by Crippen LogP contribution is -2.40. The van der Waals surface area contributed by atoms with E-state index in [1.807, 2.05) is 0 Å². The zero-order chi connectivity index (χ0) is 31.0. The molecule has 9 nitrogen and oxygen atoms in total. The third-order valence-electron chi connectivity index (χ3n) is 7.43. The van der Waals surface area contributed by atoms with Gasteiger partial charge in [-0.3, -0.25) is 19.0 Å². The topological polar surface area (TPSA) is 98.5 Å². The van der Waals surface area contributed by atoms with E-state index in [0.717, 1.165) is 12.1 Å². The molecule has 3 heterocycles. The number of hydrogen-bond donors (Lipinski definition) is 1. The summed E-state index contributed by atoms with van der Waals surface area (Å²) in [6.07, 6.45) is -1.51. The van der Waals surface area contributed by atoms with E-state index in [-0.39, 0.29) is 22.8 Å². The maximum absolute atomic E-state index is 13.3. The second-order valence-electron chi connectivity index (χ2n) is 10.3. The van der Waals surface area contributed by atoms with Gasteiger partial charge in [0.15, 0.2) is 5.82 Å². The van der Waals surface area contributed by atoms with Crippen molar-refractivity contribution in [3.8, 4) is 11.3 Å². The third kappa shape index (κ3) is 5.59. The number of carbonyl (C=O) groups is 2. The summed E-state index contributed by atoms with van der Waals surface area (Å²) in [5, 5.41) is 3.66. The van der Waals surface area contributed by atoms with Gasteiger partial charge in [-0.15, -0.1) is 0 Å². The molecule has 6 rings (SSSR count). The van der Waals surface area contributed by atoms with E-state index in [1.165, 1.54) is 27.5 Å². The fourth-order valence-electron chi connectivity index (χ4n) is 5.14. The first-order valence-corrected chi connectivity index (χ1v) is 13.7. The molecule has 1 aliphatic rings. The lowest BCUT2D eigenvalue weighted by molar-refractivity contribution is -0.137. The van der Waals surface area contributed by atoms with Gasteiger partial charge < -0.3 is 19.5 Å². The van der Waals surface area contributed by atoms with Crippen LogP contribution in [0.1, 0.15) is 26.3 Å². The Hall–Kier alpha value is -5.23. The maximum atomic E-state index is 13.3. The number of carbonyl (C=O) groups excluding carboxylic acids is 2. The number of amides is 1. The van der Waals surface area contributed by atoms with Crippen LogP contribution in [0, 0.1) is 0 Å². The smallest absolute Gasteiger partial charge is 0.378 e. The minimum absolute atomic E-state index is 0.0498. The quantitative estimate of drug-likeness (QED) is 0.293. The zero-order valence-electron chi connectivity index (χ0n) is 23.5. The first kappa shape index (κ1) is 28.9. The van der Waals surface area contributed by atoms with Gasteiger partial charge in [-0.25, -0.2) is 4.98 Å². The van der Waals surface area contributed by atoms with Gasteiger partial charge >= 0.3 is 6.18 Å². The average molecular weight is 602 g/mol. The molecule has 224 valence electrons. The standard InChI is InChI=1S/C32H26F3N5O4/c1-38-19-26(37-28(31(38)43)36-23-10-8-20(9-11-23)29(41)39-14-16-44-17-15-39)24-6-3-7-27-25(24)12-13-40(27)30(42)21-4-2-5-22(18-21)32(33,34)35/h2-13,18-19H,14-17H2,1H3,(H,36,37). The van der Waals surface area contributed by atoms with E-state index in [4.69, 9.17) is 4.74 Å². The van der Waals surface area contributed by atoms with Crippen LogP contribution < -0.4 is 10.9 Å². The number of aryl methyl sites for hydroxylation is 1. The first-order valence-electron chi connectivity index (χ1n) is 13.7. The summed E-state index contributed by atoms with van der Waals surface area (Å²) in [5.41, 5.74) is 1.19. The summed E-state index contributed by atoms with van der Waals surface area (Å²) >= 11 is 0. The number of nitrogens with zero attached hydrogens (tertiary/aromatic N) is 4. The lowest BCUT2D eigenvalue weighted by Gasteiger charge is -2.26. The lowest BCUT2D eigenvalue weighted by atomic mass is 10.1. The number of anilines is 2.